The van der Waals surface area contributed by atoms with Gasteiger partial charge in [-0.2, -0.15) is 25.3 Å². The Labute approximate surface area is 387 Å². The summed E-state index contributed by atoms with van der Waals surface area (Å²) >= 11 is 0. The molecule has 2 aromatic rings. The van der Waals surface area contributed by atoms with E-state index in [4.69, 9.17) is 4.84 Å². The molecule has 0 aliphatic carbocycles. The van der Waals surface area contributed by atoms with E-state index in [0.29, 0.717) is 22.0 Å². The normalized spacial score (nSPS) is 18.7. The molecular formula is C40H50N5O18S4-. The second kappa shape index (κ2) is 19.7. The molecule has 0 bridgehead atoms. The number of allylic oxidation sites excluding steroid dienone is 3. The molecule has 0 radical (unpaired) electrons. The molecule has 27 heteroatoms. The number of carbonyl (C=O) groups excluding carboxylic acids is 5. The van der Waals surface area contributed by atoms with Gasteiger partial charge in [0.25, 0.3) is 54.0 Å². The van der Waals surface area contributed by atoms with Crippen LogP contribution in [-0.2, 0) is 65.7 Å². The Bertz CT molecular complexity index is 2860. The Morgan fingerprint density at radius 3 is 1.91 bits per heavy atom. The molecule has 1 atom stereocenters. The van der Waals surface area contributed by atoms with E-state index in [1.54, 1.807) is 61.8 Å². The predicted molar refractivity (Wildman–Crippen MR) is 239 cm³/mol. The molecule has 67 heavy (non-hydrogen) atoms. The van der Waals surface area contributed by atoms with Crippen molar-refractivity contribution in [2.24, 2.45) is 0 Å². The van der Waals surface area contributed by atoms with Gasteiger partial charge in [0.1, 0.15) is 0 Å². The van der Waals surface area contributed by atoms with Crippen LogP contribution in [0.5, 0.6) is 0 Å². The number of imide groups is 1. The maximum absolute atomic E-state index is 13.9. The second-order valence-electron chi connectivity index (χ2n) is 17.0. The fourth-order valence-corrected chi connectivity index (χ4v) is 10.2. The number of hydrogen-bond donors (Lipinski definition) is 5. The average Bonchev–Trinajstić information content (AvgIpc) is 3.70. The minimum absolute atomic E-state index is 0.0131. The van der Waals surface area contributed by atoms with Gasteiger partial charge in [-0.15, -0.1) is 5.06 Å². The van der Waals surface area contributed by atoms with Crippen molar-refractivity contribution < 1.29 is 80.7 Å². The van der Waals surface area contributed by atoms with Crippen molar-refractivity contribution in [2.75, 3.05) is 59.0 Å². The van der Waals surface area contributed by atoms with E-state index >= 15 is 0 Å². The molecule has 1 saturated heterocycles. The van der Waals surface area contributed by atoms with E-state index in [-0.39, 0.29) is 66.7 Å². The monoisotopic (exact) mass is 1020 g/mol. The van der Waals surface area contributed by atoms with Crippen LogP contribution in [0.4, 0.5) is 11.4 Å². The van der Waals surface area contributed by atoms with Crippen molar-refractivity contribution in [3.05, 3.63) is 82.1 Å². The Morgan fingerprint density at radius 1 is 0.761 bits per heavy atom. The summed E-state index contributed by atoms with van der Waals surface area (Å²) in [5.41, 5.74) is -0.887. The highest BCUT2D eigenvalue weighted by Gasteiger charge is 2.47. The molecule has 2 aromatic carbocycles. The molecule has 0 spiro atoms. The molecule has 1 fully saturated rings. The Kier molecular flexibility index (Phi) is 15.5. The maximum atomic E-state index is 13.9. The molecule has 368 valence electrons. The van der Waals surface area contributed by atoms with Crippen molar-refractivity contribution in [1.82, 2.24) is 15.7 Å². The number of hydroxylamine groups is 2. The first-order chi connectivity index (χ1) is 30.8. The predicted octanol–water partition coefficient (Wildman–Crippen LogP) is 1.06. The SMILES string of the molecule is CC1(C)/C(=C\C=C\C2N(CCCS(=O)(=O)O)c3cc(C(=O)NCCS(=O)(=O)O)cc(C(=O)NCCS(=O)(=O)[O-])c3C2(C)C)N(CCCS(=O)(=O)O)c2cccc(C(=O)ON3C(=O)CCC3=O)c21. The summed E-state index contributed by atoms with van der Waals surface area (Å²) in [6.45, 7) is 5.62. The van der Waals surface area contributed by atoms with Crippen LogP contribution in [0, 0.1) is 0 Å². The highest BCUT2D eigenvalue weighted by molar-refractivity contribution is 7.86. The summed E-state index contributed by atoms with van der Waals surface area (Å²) in [5.74, 6) is -7.41. The molecule has 0 saturated carbocycles. The molecular weight excluding hydrogens is 967 g/mol. The summed E-state index contributed by atoms with van der Waals surface area (Å²) in [4.78, 5) is 74.3. The van der Waals surface area contributed by atoms with E-state index in [9.17, 15) is 75.9 Å². The van der Waals surface area contributed by atoms with Crippen LogP contribution in [0.1, 0.15) is 95.6 Å². The number of nitrogens with zero attached hydrogens (tertiary/aromatic N) is 3. The van der Waals surface area contributed by atoms with Gasteiger partial charge in [0, 0.05) is 83.6 Å². The quantitative estimate of drug-likeness (QED) is 0.0914. The third kappa shape index (κ3) is 12.8. The summed E-state index contributed by atoms with van der Waals surface area (Å²) in [5, 5.41) is 5.10. The number of fused-ring (bicyclic) bond motifs is 2. The maximum Gasteiger partial charge on any atom is 0.364 e. The fraction of sp³-hybridized carbons (Fsp3) is 0.475. The van der Waals surface area contributed by atoms with Gasteiger partial charge in [-0.3, -0.25) is 32.8 Å². The molecule has 3 heterocycles. The third-order valence-electron chi connectivity index (χ3n) is 11.4. The van der Waals surface area contributed by atoms with E-state index in [0.717, 1.165) is 6.07 Å². The highest BCUT2D eigenvalue weighted by atomic mass is 32.2. The third-order valence-corrected chi connectivity index (χ3v) is 14.4. The van der Waals surface area contributed by atoms with Crippen LogP contribution in [-0.4, -0.2) is 142 Å². The van der Waals surface area contributed by atoms with Gasteiger partial charge in [0.15, 0.2) is 0 Å². The fourth-order valence-electron chi connectivity index (χ4n) is 8.50. The molecule has 3 aliphatic heterocycles. The summed E-state index contributed by atoms with van der Waals surface area (Å²) in [6.07, 6.45) is 4.35. The second-order valence-corrected chi connectivity index (χ2v) is 23.2. The van der Waals surface area contributed by atoms with Gasteiger partial charge in [-0.1, -0.05) is 45.9 Å². The molecule has 1 unspecified atom stereocenters. The lowest BCUT2D eigenvalue weighted by molar-refractivity contribution is -0.172. The average molecular weight is 1020 g/mol. The van der Waals surface area contributed by atoms with Gasteiger partial charge >= 0.3 is 5.97 Å². The minimum Gasteiger partial charge on any atom is -0.748 e. The van der Waals surface area contributed by atoms with Gasteiger partial charge in [0.05, 0.1) is 44.7 Å². The number of carbonyl (C=O) groups is 5. The lowest BCUT2D eigenvalue weighted by Gasteiger charge is -2.33. The minimum atomic E-state index is -4.78. The lowest BCUT2D eigenvalue weighted by atomic mass is 9.77. The Balaban J connectivity index is 1.63. The summed E-state index contributed by atoms with van der Waals surface area (Å²) in [6, 6.07) is 6.30. The standard InChI is InChI=1S/C40H51N5O18S4/c1-39(2)30(43(17-7-19-64(51,52)53)28-10-5-9-26(34(28)39)38(50)63-45-32(46)13-14-33(45)47)11-6-12-31-40(3,4)35-27(37(49)42-16-22-67(60,61)62)23-25(36(48)41-15-21-66(57,58)59)24-29(35)44(31)18-8-20-65(54,55)56/h5-6,9-12,23-24,31H,7-8,13-22H2,1-4H3,(H,41,48)(H,42,49)(H,51,52,53)(H,54,55,56)(H,57,58,59)(H,60,61,62)/p-1/b12-6+,30-11+. The van der Waals surface area contributed by atoms with Crippen LogP contribution in [0.15, 0.2) is 54.3 Å². The van der Waals surface area contributed by atoms with Gasteiger partial charge < -0.3 is 29.8 Å². The van der Waals surface area contributed by atoms with Crippen molar-refractivity contribution >= 4 is 81.4 Å². The lowest BCUT2D eigenvalue weighted by Crippen LogP contribution is -2.41. The number of benzene rings is 2. The zero-order valence-corrected chi connectivity index (χ0v) is 39.9. The first-order valence-corrected chi connectivity index (χ1v) is 26.9. The summed E-state index contributed by atoms with van der Waals surface area (Å²) < 4.78 is 132. The van der Waals surface area contributed by atoms with Crippen LogP contribution in [0.2, 0.25) is 0 Å². The molecule has 3 aliphatic rings. The van der Waals surface area contributed by atoms with E-state index in [1.807, 2.05) is 0 Å². The highest BCUT2D eigenvalue weighted by Crippen LogP contribution is 2.51. The van der Waals surface area contributed by atoms with Crippen LogP contribution >= 0.6 is 0 Å². The molecule has 5 N–H and O–H groups in total. The number of anilines is 2. The smallest absolute Gasteiger partial charge is 0.364 e. The zero-order valence-electron chi connectivity index (χ0n) is 36.6. The first kappa shape index (κ1) is 52.7. The van der Waals surface area contributed by atoms with E-state index < -0.39 is 123 Å². The van der Waals surface area contributed by atoms with Crippen LogP contribution < -0.4 is 20.4 Å². The van der Waals surface area contributed by atoms with Crippen molar-refractivity contribution in [1.29, 1.82) is 0 Å². The number of rotatable bonds is 20. The van der Waals surface area contributed by atoms with Crippen molar-refractivity contribution in [3.8, 4) is 0 Å². The largest absolute Gasteiger partial charge is 0.748 e. The van der Waals surface area contributed by atoms with Crippen LogP contribution in [0.3, 0.4) is 0 Å². The Morgan fingerprint density at radius 2 is 1.33 bits per heavy atom. The van der Waals surface area contributed by atoms with Crippen LogP contribution in [0.25, 0.3) is 0 Å². The molecule has 5 rings (SSSR count). The summed E-state index contributed by atoms with van der Waals surface area (Å²) in [7, 11) is -18.2. The van der Waals surface area contributed by atoms with E-state index in [1.165, 1.54) is 18.2 Å². The first-order valence-electron chi connectivity index (χ1n) is 20.5. The Hall–Kier alpha value is -5.29. The van der Waals surface area contributed by atoms with Gasteiger partial charge in [-0.25, -0.2) is 13.2 Å². The number of amides is 4. The number of nitrogens with one attached hydrogen (secondary N) is 2. The van der Waals surface area contributed by atoms with Crippen molar-refractivity contribution in [3.63, 3.8) is 0 Å². The number of hydrogen-bond acceptors (Lipinski definition) is 17. The zero-order chi connectivity index (χ0) is 50.1. The molecule has 4 amide bonds. The molecule has 23 nitrogen and oxygen atoms in total. The van der Waals surface area contributed by atoms with Gasteiger partial charge in [0.2, 0.25) is 0 Å². The van der Waals surface area contributed by atoms with E-state index in [2.05, 4.69) is 10.6 Å². The topological polar surface area (TPSA) is 349 Å². The van der Waals surface area contributed by atoms with Crippen molar-refractivity contribution in [2.45, 2.75) is 70.3 Å². The molecule has 0 aromatic heterocycles. The van der Waals surface area contributed by atoms with Gasteiger partial charge in [-0.05, 0) is 48.7 Å².